The maximum Gasteiger partial charge on any atom is 0.307 e. The fraction of sp³-hybridized carbons (Fsp3) is 0.556. The molecule has 33 heavy (non-hydrogen) atoms. The number of carboxylic acid groups (broad SMARTS) is 1. The molecule has 0 radical (unpaired) electrons. The summed E-state index contributed by atoms with van der Waals surface area (Å²) in [5, 5.41) is 18.9. The van der Waals surface area contributed by atoms with E-state index in [9.17, 15) is 14.7 Å². The number of rotatable bonds is 18. The van der Waals surface area contributed by atoms with Crippen LogP contribution in [-0.2, 0) is 14.3 Å². The Labute approximate surface area is 200 Å². The molecular formula is C27H44NO5+. The molecule has 0 saturated heterocycles. The summed E-state index contributed by atoms with van der Waals surface area (Å²) in [4.78, 5) is 23.0. The summed E-state index contributed by atoms with van der Waals surface area (Å²) in [5.41, 5.74) is 0. The van der Waals surface area contributed by atoms with Crippen molar-refractivity contribution in [3.8, 4) is 0 Å². The zero-order chi connectivity index (χ0) is 25.0. The lowest BCUT2D eigenvalue weighted by Gasteiger charge is -2.28. The second kappa shape index (κ2) is 19.1. The van der Waals surface area contributed by atoms with E-state index < -0.39 is 18.2 Å². The second-order valence-electron chi connectivity index (χ2n) is 8.98. The van der Waals surface area contributed by atoms with E-state index in [0.29, 0.717) is 23.9 Å². The number of carboxylic acids is 1. The van der Waals surface area contributed by atoms with Crippen LogP contribution in [0.25, 0.3) is 0 Å². The van der Waals surface area contributed by atoms with Gasteiger partial charge in [-0.1, -0.05) is 67.7 Å². The maximum atomic E-state index is 12.0. The molecule has 0 aliphatic rings. The van der Waals surface area contributed by atoms with Gasteiger partial charge in [-0.2, -0.15) is 0 Å². The van der Waals surface area contributed by atoms with Crippen molar-refractivity contribution in [2.75, 3.05) is 27.7 Å². The number of carbonyl (C=O) groups excluding carboxylic acids is 1. The molecule has 6 heteroatoms. The number of aliphatic carboxylic acids is 1. The minimum absolute atomic E-state index is 0.174. The monoisotopic (exact) mass is 462 g/mol. The maximum absolute atomic E-state index is 12.0. The second-order valence-corrected chi connectivity index (χ2v) is 8.98. The number of aliphatic hydroxyl groups is 1. The van der Waals surface area contributed by atoms with Gasteiger partial charge in [-0.05, 0) is 38.5 Å². The molecule has 2 atom stereocenters. The van der Waals surface area contributed by atoms with Crippen LogP contribution in [0.1, 0.15) is 58.3 Å². The Hall–Kier alpha value is -2.44. The highest BCUT2D eigenvalue weighted by molar-refractivity contribution is 5.71. The molecule has 0 rings (SSSR count). The Balaban J connectivity index is 4.02. The highest BCUT2D eigenvalue weighted by Gasteiger charge is 2.24. The van der Waals surface area contributed by atoms with E-state index >= 15 is 0 Å². The highest BCUT2D eigenvalue weighted by atomic mass is 16.5. The number of allylic oxidation sites excluding steroid dienone is 8. The van der Waals surface area contributed by atoms with Crippen molar-refractivity contribution in [3.05, 3.63) is 60.8 Å². The SMILES string of the molecule is CC/C=C/C/C=C/CC(O)/C=C/C=C/C/C=C/CCCC(=O)OC(CC(=O)O)C[N+](C)(C)C. The lowest BCUT2D eigenvalue weighted by Crippen LogP contribution is -2.43. The fourth-order valence-corrected chi connectivity index (χ4v) is 2.95. The van der Waals surface area contributed by atoms with Gasteiger partial charge in [0.05, 0.1) is 33.7 Å². The quantitative estimate of drug-likeness (QED) is 0.0988. The van der Waals surface area contributed by atoms with Crippen molar-refractivity contribution in [3.63, 3.8) is 0 Å². The van der Waals surface area contributed by atoms with Crippen LogP contribution < -0.4 is 0 Å². The molecule has 186 valence electrons. The van der Waals surface area contributed by atoms with Gasteiger partial charge in [-0.3, -0.25) is 9.59 Å². The summed E-state index contributed by atoms with van der Waals surface area (Å²) in [6, 6.07) is 0. The zero-order valence-corrected chi connectivity index (χ0v) is 20.9. The molecule has 0 aromatic heterocycles. The molecule has 2 N–H and O–H groups in total. The smallest absolute Gasteiger partial charge is 0.307 e. The number of esters is 1. The molecule has 0 aromatic carbocycles. The predicted octanol–water partition coefficient (Wildman–Crippen LogP) is 4.97. The number of unbranched alkanes of at least 4 members (excludes halogenated alkanes) is 1. The van der Waals surface area contributed by atoms with Gasteiger partial charge in [-0.15, -0.1) is 0 Å². The first-order chi connectivity index (χ1) is 15.6. The number of hydrogen-bond acceptors (Lipinski definition) is 4. The Bertz CT molecular complexity index is 683. The molecule has 0 spiro atoms. The first-order valence-corrected chi connectivity index (χ1v) is 11.8. The summed E-state index contributed by atoms with van der Waals surface area (Å²) in [5.74, 6) is -1.31. The van der Waals surface area contributed by atoms with Gasteiger partial charge in [0.25, 0.3) is 0 Å². The van der Waals surface area contributed by atoms with Crippen molar-refractivity contribution in [2.45, 2.75) is 70.5 Å². The first-order valence-electron chi connectivity index (χ1n) is 11.8. The topological polar surface area (TPSA) is 83.8 Å². The number of nitrogens with zero attached hydrogens (tertiary/aromatic N) is 1. The van der Waals surface area contributed by atoms with Gasteiger partial charge in [0.2, 0.25) is 0 Å². The van der Waals surface area contributed by atoms with Crippen molar-refractivity contribution in [1.29, 1.82) is 0 Å². The van der Waals surface area contributed by atoms with Gasteiger partial charge in [0.1, 0.15) is 6.54 Å². The van der Waals surface area contributed by atoms with Crippen LogP contribution in [0, 0.1) is 0 Å². The van der Waals surface area contributed by atoms with Crippen LogP contribution in [0.5, 0.6) is 0 Å². The van der Waals surface area contributed by atoms with E-state index in [1.54, 1.807) is 6.08 Å². The molecule has 0 saturated carbocycles. The van der Waals surface area contributed by atoms with Crippen LogP contribution in [0.15, 0.2) is 60.8 Å². The third kappa shape index (κ3) is 22.5. The van der Waals surface area contributed by atoms with Crippen molar-refractivity contribution < 1.29 is 29.0 Å². The number of hydrogen-bond donors (Lipinski definition) is 2. The van der Waals surface area contributed by atoms with Crippen LogP contribution in [0.2, 0.25) is 0 Å². The summed E-state index contributed by atoms with van der Waals surface area (Å²) >= 11 is 0. The lowest BCUT2D eigenvalue weighted by molar-refractivity contribution is -0.873. The third-order valence-electron chi connectivity index (χ3n) is 4.44. The summed E-state index contributed by atoms with van der Waals surface area (Å²) in [7, 11) is 5.81. The summed E-state index contributed by atoms with van der Waals surface area (Å²) in [6.45, 7) is 2.57. The van der Waals surface area contributed by atoms with Gasteiger partial charge in [-0.25, -0.2) is 0 Å². The molecule has 0 aliphatic heterocycles. The Morgan fingerprint density at radius 3 is 2.27 bits per heavy atom. The van der Waals surface area contributed by atoms with Crippen LogP contribution >= 0.6 is 0 Å². The van der Waals surface area contributed by atoms with Gasteiger partial charge >= 0.3 is 11.9 Å². The first kappa shape index (κ1) is 30.6. The molecule has 0 amide bonds. The number of aliphatic hydroxyl groups excluding tert-OH is 1. The zero-order valence-electron chi connectivity index (χ0n) is 20.9. The minimum atomic E-state index is -0.964. The summed E-state index contributed by atoms with van der Waals surface area (Å²) in [6.07, 6.45) is 23.7. The van der Waals surface area contributed by atoms with Crippen molar-refractivity contribution in [1.82, 2.24) is 0 Å². The minimum Gasteiger partial charge on any atom is -0.481 e. The average molecular weight is 463 g/mol. The van der Waals surface area contributed by atoms with Gasteiger partial charge in [0, 0.05) is 6.42 Å². The lowest BCUT2D eigenvalue weighted by atomic mass is 10.2. The van der Waals surface area contributed by atoms with Crippen molar-refractivity contribution in [2.24, 2.45) is 0 Å². The number of ether oxygens (including phenoxy) is 1. The average Bonchev–Trinajstić information content (AvgIpc) is 2.70. The number of carbonyl (C=O) groups is 2. The van der Waals surface area contributed by atoms with E-state index in [1.165, 1.54) is 0 Å². The Morgan fingerprint density at radius 2 is 1.61 bits per heavy atom. The molecule has 0 aliphatic carbocycles. The van der Waals surface area contributed by atoms with E-state index in [4.69, 9.17) is 9.84 Å². The van der Waals surface area contributed by atoms with E-state index in [1.807, 2.05) is 57.6 Å². The molecule has 0 aromatic rings. The molecule has 0 bridgehead atoms. The normalized spacial score (nSPS) is 14.8. The highest BCUT2D eigenvalue weighted by Crippen LogP contribution is 2.08. The van der Waals surface area contributed by atoms with Gasteiger partial charge < -0.3 is 19.4 Å². The van der Waals surface area contributed by atoms with Gasteiger partial charge in [0.15, 0.2) is 6.10 Å². The fourth-order valence-electron chi connectivity index (χ4n) is 2.95. The number of quaternary nitrogens is 1. The Kier molecular flexibility index (Phi) is 17.7. The van der Waals surface area contributed by atoms with Crippen LogP contribution in [0.3, 0.4) is 0 Å². The molecule has 6 nitrogen and oxygen atoms in total. The van der Waals surface area contributed by atoms with Crippen LogP contribution in [0.4, 0.5) is 0 Å². The predicted molar refractivity (Wildman–Crippen MR) is 135 cm³/mol. The largest absolute Gasteiger partial charge is 0.481 e. The summed E-state index contributed by atoms with van der Waals surface area (Å²) < 4.78 is 5.90. The molecular weight excluding hydrogens is 418 g/mol. The van der Waals surface area contributed by atoms with E-state index in [0.717, 1.165) is 25.7 Å². The van der Waals surface area contributed by atoms with E-state index in [-0.39, 0.29) is 18.8 Å². The molecule has 0 fully saturated rings. The standard InChI is InChI=1S/C27H43NO5/c1-5-6-7-8-13-16-19-24(29)20-17-14-11-9-10-12-15-18-21-27(32)33-25(22-26(30)31)23-28(2,3)4/h6-7,10-14,16-17,20,24-25,29H,5,8-9,15,18-19,21-23H2,1-4H3/p+1/b7-6+,12-10+,14-11+,16-13+,20-17+. The Morgan fingerprint density at radius 1 is 0.939 bits per heavy atom. The van der Waals surface area contributed by atoms with Crippen molar-refractivity contribution >= 4 is 11.9 Å². The molecule has 0 heterocycles. The number of likely N-dealkylation sites (N-methyl/N-ethyl adjacent to an activating group) is 1. The van der Waals surface area contributed by atoms with E-state index in [2.05, 4.69) is 25.2 Å². The third-order valence-corrected chi connectivity index (χ3v) is 4.44. The van der Waals surface area contributed by atoms with Crippen LogP contribution in [-0.4, -0.2) is 66.5 Å². The molecule has 2 unspecified atom stereocenters.